The molecule has 0 saturated carbocycles. The van der Waals surface area contributed by atoms with Crippen molar-refractivity contribution in [1.82, 2.24) is 20.1 Å². The van der Waals surface area contributed by atoms with Crippen molar-refractivity contribution in [3.63, 3.8) is 0 Å². The summed E-state index contributed by atoms with van der Waals surface area (Å²) in [6, 6.07) is 10.5. The molecule has 1 aromatic heterocycles. The highest BCUT2D eigenvalue weighted by molar-refractivity contribution is 7.09. The van der Waals surface area contributed by atoms with E-state index in [4.69, 9.17) is 4.98 Å². The van der Waals surface area contributed by atoms with E-state index in [1.807, 2.05) is 7.05 Å². The first kappa shape index (κ1) is 20.8. The van der Waals surface area contributed by atoms with Gasteiger partial charge in [0.2, 0.25) is 0 Å². The number of aryl methyl sites for hydroxylation is 1. The van der Waals surface area contributed by atoms with Gasteiger partial charge in [0.1, 0.15) is 0 Å². The Morgan fingerprint density at radius 1 is 1.29 bits per heavy atom. The second-order valence-corrected chi connectivity index (χ2v) is 8.52. The third-order valence-electron chi connectivity index (χ3n) is 5.38. The molecule has 0 unspecified atom stereocenters. The SMILES string of the molecule is CCc1nc(CN2CCC(CNC(=NC)N(C)Cc3ccccc3)CC2)cs1. The number of aliphatic imine (C=N–C) groups is 1. The minimum absolute atomic E-state index is 0.708. The van der Waals surface area contributed by atoms with Gasteiger partial charge in [-0.2, -0.15) is 0 Å². The number of rotatable bonds is 7. The molecule has 2 heterocycles. The monoisotopic (exact) mass is 399 g/mol. The lowest BCUT2D eigenvalue weighted by Crippen LogP contribution is -2.43. The Bertz CT molecular complexity index is 734. The fraction of sp³-hybridized carbons (Fsp3) is 0.545. The van der Waals surface area contributed by atoms with Crippen LogP contribution in [0.1, 0.15) is 36.0 Å². The largest absolute Gasteiger partial charge is 0.356 e. The maximum atomic E-state index is 4.71. The molecule has 0 radical (unpaired) electrons. The molecule has 0 atom stereocenters. The molecule has 3 rings (SSSR count). The van der Waals surface area contributed by atoms with E-state index in [1.54, 1.807) is 11.3 Å². The van der Waals surface area contributed by atoms with Gasteiger partial charge in [0.05, 0.1) is 10.7 Å². The molecule has 1 fully saturated rings. The van der Waals surface area contributed by atoms with E-state index in [1.165, 1.54) is 29.1 Å². The summed E-state index contributed by atoms with van der Waals surface area (Å²) in [6.45, 7) is 7.35. The first-order valence-corrected chi connectivity index (χ1v) is 11.2. The fourth-order valence-corrected chi connectivity index (χ4v) is 4.45. The van der Waals surface area contributed by atoms with E-state index in [0.29, 0.717) is 5.92 Å². The van der Waals surface area contributed by atoms with Crippen molar-refractivity contribution in [2.75, 3.05) is 33.7 Å². The molecule has 1 aliphatic heterocycles. The summed E-state index contributed by atoms with van der Waals surface area (Å²) in [5.74, 6) is 1.68. The Balaban J connectivity index is 1.40. The zero-order chi connectivity index (χ0) is 19.8. The van der Waals surface area contributed by atoms with Crippen molar-refractivity contribution in [2.45, 2.75) is 39.3 Å². The van der Waals surface area contributed by atoms with Gasteiger partial charge in [0.15, 0.2) is 5.96 Å². The molecular formula is C22H33N5S. The Labute approximate surface area is 173 Å². The summed E-state index contributed by atoms with van der Waals surface area (Å²) in [7, 11) is 3.97. The number of benzene rings is 1. The van der Waals surface area contributed by atoms with E-state index in [0.717, 1.165) is 45.1 Å². The van der Waals surface area contributed by atoms with E-state index < -0.39 is 0 Å². The summed E-state index contributed by atoms with van der Waals surface area (Å²) < 4.78 is 0. The van der Waals surface area contributed by atoms with Crippen LogP contribution >= 0.6 is 11.3 Å². The highest BCUT2D eigenvalue weighted by Crippen LogP contribution is 2.19. The fourth-order valence-electron chi connectivity index (χ4n) is 3.71. The second-order valence-electron chi connectivity index (χ2n) is 7.58. The number of piperidine rings is 1. The van der Waals surface area contributed by atoms with Gasteiger partial charge < -0.3 is 10.2 Å². The Hall–Kier alpha value is -1.92. The normalized spacial score (nSPS) is 16.3. The Kier molecular flexibility index (Phi) is 7.86. The van der Waals surface area contributed by atoms with Gasteiger partial charge >= 0.3 is 0 Å². The maximum Gasteiger partial charge on any atom is 0.193 e. The lowest BCUT2D eigenvalue weighted by atomic mass is 9.97. The average Bonchev–Trinajstić information content (AvgIpc) is 3.18. The van der Waals surface area contributed by atoms with Crippen LogP contribution in [0.5, 0.6) is 0 Å². The lowest BCUT2D eigenvalue weighted by Gasteiger charge is -2.32. The number of nitrogens with one attached hydrogen (secondary N) is 1. The van der Waals surface area contributed by atoms with Gasteiger partial charge in [-0.15, -0.1) is 11.3 Å². The predicted molar refractivity (Wildman–Crippen MR) is 119 cm³/mol. The minimum atomic E-state index is 0.708. The topological polar surface area (TPSA) is 43.8 Å². The van der Waals surface area contributed by atoms with Crippen molar-refractivity contribution in [3.8, 4) is 0 Å². The molecule has 0 amide bonds. The standard InChI is InChI=1S/C22H33N5S/c1-4-21-25-20(17-28-21)16-27-12-10-18(11-13-27)14-24-22(23-2)26(3)15-19-8-6-5-7-9-19/h5-9,17-18H,4,10-16H2,1-3H3,(H,23,24). The molecule has 5 nitrogen and oxygen atoms in total. The molecule has 1 saturated heterocycles. The summed E-state index contributed by atoms with van der Waals surface area (Å²) in [5, 5.41) is 7.05. The summed E-state index contributed by atoms with van der Waals surface area (Å²) in [5.41, 5.74) is 2.54. The predicted octanol–water partition coefficient (Wildman–Crippen LogP) is 3.62. The molecule has 1 aliphatic rings. The molecule has 2 aromatic rings. The van der Waals surface area contributed by atoms with Crippen molar-refractivity contribution >= 4 is 17.3 Å². The van der Waals surface area contributed by atoms with Gasteiger partial charge in [-0.25, -0.2) is 4.98 Å². The van der Waals surface area contributed by atoms with Crippen LogP contribution in [-0.4, -0.2) is 54.5 Å². The van der Waals surface area contributed by atoms with Gasteiger partial charge in [-0.3, -0.25) is 9.89 Å². The first-order valence-electron chi connectivity index (χ1n) is 10.3. The third kappa shape index (κ3) is 6.04. The number of likely N-dealkylation sites (tertiary alicyclic amines) is 1. The molecule has 152 valence electrons. The van der Waals surface area contributed by atoms with Crippen LogP contribution in [0, 0.1) is 5.92 Å². The summed E-state index contributed by atoms with van der Waals surface area (Å²) in [4.78, 5) is 13.9. The number of nitrogens with zero attached hydrogens (tertiary/aromatic N) is 4. The molecule has 6 heteroatoms. The van der Waals surface area contributed by atoms with E-state index >= 15 is 0 Å². The smallest absolute Gasteiger partial charge is 0.193 e. The van der Waals surface area contributed by atoms with Crippen molar-refractivity contribution in [3.05, 3.63) is 52.0 Å². The van der Waals surface area contributed by atoms with Crippen LogP contribution in [0.2, 0.25) is 0 Å². The van der Waals surface area contributed by atoms with Crippen LogP contribution in [0.15, 0.2) is 40.7 Å². The van der Waals surface area contributed by atoms with Crippen LogP contribution in [0.25, 0.3) is 0 Å². The summed E-state index contributed by atoms with van der Waals surface area (Å²) >= 11 is 1.79. The summed E-state index contributed by atoms with van der Waals surface area (Å²) in [6.07, 6.45) is 3.51. The molecule has 28 heavy (non-hydrogen) atoms. The number of hydrogen-bond donors (Lipinski definition) is 1. The minimum Gasteiger partial charge on any atom is -0.356 e. The van der Waals surface area contributed by atoms with Crippen LogP contribution < -0.4 is 5.32 Å². The van der Waals surface area contributed by atoms with Crippen LogP contribution in [0.3, 0.4) is 0 Å². The van der Waals surface area contributed by atoms with E-state index in [2.05, 4.69) is 69.8 Å². The van der Waals surface area contributed by atoms with Gasteiger partial charge in [0.25, 0.3) is 0 Å². The molecule has 0 spiro atoms. The molecule has 0 bridgehead atoms. The molecule has 1 N–H and O–H groups in total. The van der Waals surface area contributed by atoms with Crippen molar-refractivity contribution < 1.29 is 0 Å². The van der Waals surface area contributed by atoms with Gasteiger partial charge in [-0.05, 0) is 43.8 Å². The highest BCUT2D eigenvalue weighted by Gasteiger charge is 2.20. The zero-order valence-electron chi connectivity index (χ0n) is 17.4. The van der Waals surface area contributed by atoms with Gasteiger partial charge in [0, 0.05) is 39.1 Å². The van der Waals surface area contributed by atoms with Crippen molar-refractivity contribution in [1.29, 1.82) is 0 Å². The quantitative estimate of drug-likeness (QED) is 0.570. The number of guanidine groups is 1. The zero-order valence-corrected chi connectivity index (χ0v) is 18.2. The lowest BCUT2D eigenvalue weighted by molar-refractivity contribution is 0.176. The Morgan fingerprint density at radius 2 is 2.04 bits per heavy atom. The van der Waals surface area contributed by atoms with Crippen molar-refractivity contribution in [2.24, 2.45) is 10.9 Å². The average molecular weight is 400 g/mol. The Morgan fingerprint density at radius 3 is 2.68 bits per heavy atom. The van der Waals surface area contributed by atoms with Gasteiger partial charge in [-0.1, -0.05) is 37.3 Å². The number of thiazole rings is 1. The number of hydrogen-bond acceptors (Lipinski definition) is 4. The maximum absolute atomic E-state index is 4.71. The van der Waals surface area contributed by atoms with Crippen LogP contribution in [0.4, 0.5) is 0 Å². The molecule has 1 aromatic carbocycles. The molecular weight excluding hydrogens is 366 g/mol. The second kappa shape index (κ2) is 10.6. The highest BCUT2D eigenvalue weighted by atomic mass is 32.1. The van der Waals surface area contributed by atoms with E-state index in [-0.39, 0.29) is 0 Å². The van der Waals surface area contributed by atoms with E-state index in [9.17, 15) is 0 Å². The number of aromatic nitrogens is 1. The first-order chi connectivity index (χ1) is 13.7. The third-order valence-corrected chi connectivity index (χ3v) is 6.42. The molecule has 0 aliphatic carbocycles. The van der Waals surface area contributed by atoms with Crippen LogP contribution in [-0.2, 0) is 19.5 Å².